The molecule has 3 heterocycles. The summed E-state index contributed by atoms with van der Waals surface area (Å²) < 4.78 is 7.66. The molecule has 0 aliphatic carbocycles. The molecular formula is C18H13Cl2N3O. The van der Waals surface area contributed by atoms with Gasteiger partial charge >= 0.3 is 0 Å². The van der Waals surface area contributed by atoms with Crippen LogP contribution in [0, 0.1) is 6.92 Å². The maximum absolute atomic E-state index is 6.16. The second-order valence-corrected chi connectivity index (χ2v) is 6.30. The van der Waals surface area contributed by atoms with E-state index in [-0.39, 0.29) is 0 Å². The van der Waals surface area contributed by atoms with Gasteiger partial charge in [-0.25, -0.2) is 4.98 Å². The van der Waals surface area contributed by atoms with E-state index in [2.05, 4.69) is 10.3 Å². The Morgan fingerprint density at radius 1 is 0.958 bits per heavy atom. The summed E-state index contributed by atoms with van der Waals surface area (Å²) >= 11 is 12.1. The maximum atomic E-state index is 6.16. The van der Waals surface area contributed by atoms with Crippen molar-refractivity contribution in [1.29, 1.82) is 0 Å². The number of anilines is 2. The third-order valence-corrected chi connectivity index (χ3v) is 4.14. The summed E-state index contributed by atoms with van der Waals surface area (Å²) in [5.74, 6) is 2.31. The molecule has 0 amide bonds. The van der Waals surface area contributed by atoms with Crippen molar-refractivity contribution in [2.45, 2.75) is 6.92 Å². The normalized spacial score (nSPS) is 11.1. The summed E-state index contributed by atoms with van der Waals surface area (Å²) in [6.45, 7) is 1.91. The summed E-state index contributed by atoms with van der Waals surface area (Å²) in [7, 11) is 0. The number of pyridine rings is 1. The van der Waals surface area contributed by atoms with Crippen LogP contribution >= 0.6 is 23.2 Å². The van der Waals surface area contributed by atoms with Crippen molar-refractivity contribution in [2.24, 2.45) is 0 Å². The number of furan rings is 1. The first-order chi connectivity index (χ1) is 11.6. The van der Waals surface area contributed by atoms with E-state index in [1.165, 1.54) is 0 Å². The average molecular weight is 358 g/mol. The number of rotatable bonds is 3. The van der Waals surface area contributed by atoms with E-state index in [0.717, 1.165) is 28.6 Å². The second-order valence-electron chi connectivity index (χ2n) is 5.43. The number of halogens is 2. The van der Waals surface area contributed by atoms with E-state index < -0.39 is 0 Å². The van der Waals surface area contributed by atoms with Crippen molar-refractivity contribution in [2.75, 3.05) is 5.32 Å². The first kappa shape index (κ1) is 15.1. The Labute approximate surface area is 148 Å². The Morgan fingerprint density at radius 2 is 1.71 bits per heavy atom. The van der Waals surface area contributed by atoms with E-state index in [9.17, 15) is 0 Å². The molecule has 0 saturated heterocycles. The molecule has 4 rings (SSSR count). The number of fused-ring (bicyclic) bond motifs is 1. The van der Waals surface area contributed by atoms with Gasteiger partial charge in [0, 0.05) is 16.9 Å². The molecule has 24 heavy (non-hydrogen) atoms. The highest BCUT2D eigenvalue weighted by Gasteiger charge is 2.17. The average Bonchev–Trinajstić information content (AvgIpc) is 3.14. The lowest BCUT2D eigenvalue weighted by molar-refractivity contribution is 0.547. The van der Waals surface area contributed by atoms with Crippen molar-refractivity contribution in [3.8, 4) is 11.5 Å². The largest absolute Gasteiger partial charge is 0.460 e. The smallest absolute Gasteiger partial charge is 0.156 e. The zero-order valence-corrected chi connectivity index (χ0v) is 14.3. The summed E-state index contributed by atoms with van der Waals surface area (Å²) in [4.78, 5) is 4.67. The molecular weight excluding hydrogens is 345 g/mol. The van der Waals surface area contributed by atoms with E-state index in [1.807, 2.05) is 66.1 Å². The molecule has 0 saturated carbocycles. The second kappa shape index (κ2) is 5.89. The molecule has 0 atom stereocenters. The van der Waals surface area contributed by atoms with Crippen LogP contribution in [-0.4, -0.2) is 9.38 Å². The van der Waals surface area contributed by atoms with Crippen LogP contribution in [-0.2, 0) is 0 Å². The Bertz CT molecular complexity index is 1020. The fraction of sp³-hybridized carbons (Fsp3) is 0.0556. The number of aromatic nitrogens is 2. The molecule has 0 radical (unpaired) electrons. The molecule has 0 aliphatic rings. The number of imidazole rings is 1. The van der Waals surface area contributed by atoms with E-state index in [0.29, 0.717) is 15.8 Å². The molecule has 4 nitrogen and oxygen atoms in total. The number of hydrogen-bond acceptors (Lipinski definition) is 3. The first-order valence-corrected chi connectivity index (χ1v) is 8.13. The van der Waals surface area contributed by atoms with Crippen LogP contribution in [0.5, 0.6) is 0 Å². The Kier molecular flexibility index (Phi) is 3.71. The number of benzene rings is 1. The van der Waals surface area contributed by atoms with Gasteiger partial charge < -0.3 is 9.73 Å². The van der Waals surface area contributed by atoms with E-state index >= 15 is 0 Å². The van der Waals surface area contributed by atoms with Crippen LogP contribution < -0.4 is 5.32 Å². The van der Waals surface area contributed by atoms with E-state index in [4.69, 9.17) is 27.6 Å². The molecule has 1 N–H and O–H groups in total. The fourth-order valence-corrected chi connectivity index (χ4v) is 2.83. The fourth-order valence-electron chi connectivity index (χ4n) is 2.54. The van der Waals surface area contributed by atoms with Crippen molar-refractivity contribution >= 4 is 40.4 Å². The van der Waals surface area contributed by atoms with Crippen LogP contribution in [0.25, 0.3) is 17.1 Å². The van der Waals surface area contributed by atoms with Gasteiger partial charge in [-0.1, -0.05) is 23.2 Å². The molecule has 0 unspecified atom stereocenters. The molecule has 0 spiro atoms. The summed E-state index contributed by atoms with van der Waals surface area (Å²) in [6.07, 6.45) is 1.82. The zero-order valence-electron chi connectivity index (χ0n) is 12.8. The third-order valence-electron chi connectivity index (χ3n) is 3.66. The Balaban J connectivity index is 1.89. The number of aryl methyl sites for hydroxylation is 1. The predicted octanol–water partition coefficient (Wildman–Crippen LogP) is 5.95. The van der Waals surface area contributed by atoms with Crippen LogP contribution in [0.4, 0.5) is 11.5 Å². The van der Waals surface area contributed by atoms with Gasteiger partial charge in [0.05, 0.1) is 5.02 Å². The van der Waals surface area contributed by atoms with Crippen LogP contribution in [0.2, 0.25) is 10.0 Å². The van der Waals surface area contributed by atoms with Crippen molar-refractivity contribution < 1.29 is 4.42 Å². The zero-order chi connectivity index (χ0) is 16.7. The van der Waals surface area contributed by atoms with Crippen molar-refractivity contribution in [1.82, 2.24) is 9.38 Å². The number of nitrogens with zero attached hydrogens (tertiary/aromatic N) is 2. The van der Waals surface area contributed by atoms with Gasteiger partial charge in [0.15, 0.2) is 5.76 Å². The lowest BCUT2D eigenvalue weighted by Gasteiger charge is -2.08. The molecule has 0 bridgehead atoms. The summed E-state index contributed by atoms with van der Waals surface area (Å²) in [5, 5.41) is 4.69. The van der Waals surface area contributed by atoms with Gasteiger partial charge in [-0.2, -0.15) is 0 Å². The van der Waals surface area contributed by atoms with Crippen molar-refractivity contribution in [3.05, 3.63) is 70.5 Å². The molecule has 0 fully saturated rings. The van der Waals surface area contributed by atoms with Crippen LogP contribution in [0.3, 0.4) is 0 Å². The number of nitrogens with one attached hydrogen (secondary N) is 1. The van der Waals surface area contributed by atoms with Gasteiger partial charge in [-0.3, -0.25) is 4.40 Å². The quantitative estimate of drug-likeness (QED) is 0.492. The minimum absolute atomic E-state index is 0.626. The van der Waals surface area contributed by atoms with Crippen LogP contribution in [0.15, 0.2) is 59.1 Å². The minimum atomic E-state index is 0.626. The summed E-state index contributed by atoms with van der Waals surface area (Å²) in [5.41, 5.74) is 2.39. The Morgan fingerprint density at radius 3 is 2.42 bits per heavy atom. The lowest BCUT2D eigenvalue weighted by atomic mass is 10.3. The third kappa shape index (κ3) is 2.75. The lowest BCUT2D eigenvalue weighted by Crippen LogP contribution is -1.96. The monoisotopic (exact) mass is 357 g/mol. The van der Waals surface area contributed by atoms with Crippen molar-refractivity contribution in [3.63, 3.8) is 0 Å². The Hall–Kier alpha value is -2.43. The standard InChI is InChI=1S/C18H13Cl2N3O/c1-11-2-8-15(24-11)17-18(21-14-6-3-12(19)4-7-14)23-10-13(20)5-9-16(23)22-17/h2-10,21H,1H3. The minimum Gasteiger partial charge on any atom is -0.460 e. The maximum Gasteiger partial charge on any atom is 0.156 e. The first-order valence-electron chi connectivity index (χ1n) is 7.37. The highest BCUT2D eigenvalue weighted by atomic mass is 35.5. The topological polar surface area (TPSA) is 42.5 Å². The molecule has 0 aliphatic heterocycles. The molecule has 120 valence electrons. The highest BCUT2D eigenvalue weighted by Crippen LogP contribution is 2.33. The SMILES string of the molecule is Cc1ccc(-c2nc3ccc(Cl)cn3c2Nc2ccc(Cl)cc2)o1. The predicted molar refractivity (Wildman–Crippen MR) is 97.4 cm³/mol. The molecule has 4 aromatic rings. The highest BCUT2D eigenvalue weighted by molar-refractivity contribution is 6.30. The van der Waals surface area contributed by atoms with Gasteiger partial charge in [0.2, 0.25) is 0 Å². The van der Waals surface area contributed by atoms with Crippen LogP contribution in [0.1, 0.15) is 5.76 Å². The molecule has 3 aromatic heterocycles. The van der Waals surface area contributed by atoms with E-state index in [1.54, 1.807) is 0 Å². The van der Waals surface area contributed by atoms with Gasteiger partial charge in [0.1, 0.15) is 22.9 Å². The molecule has 1 aromatic carbocycles. The molecule has 6 heteroatoms. The van der Waals surface area contributed by atoms with Gasteiger partial charge in [0.25, 0.3) is 0 Å². The summed E-state index contributed by atoms with van der Waals surface area (Å²) in [6, 6.07) is 15.0. The van der Waals surface area contributed by atoms with Gasteiger partial charge in [-0.15, -0.1) is 0 Å². The van der Waals surface area contributed by atoms with Gasteiger partial charge in [-0.05, 0) is 55.5 Å². The number of hydrogen-bond donors (Lipinski definition) is 1.